The number of hydrogen-bond acceptors (Lipinski definition) is 4. The fourth-order valence-corrected chi connectivity index (χ4v) is 3.37. The van der Waals surface area contributed by atoms with Crippen molar-refractivity contribution in [2.45, 2.75) is 52.9 Å². The molecule has 2 rings (SSSR count). The van der Waals surface area contributed by atoms with Gasteiger partial charge in [-0.2, -0.15) is 0 Å². The fraction of sp³-hybridized carbons (Fsp3) is 0.778. The van der Waals surface area contributed by atoms with Crippen molar-refractivity contribution in [2.75, 3.05) is 39.3 Å². The highest BCUT2D eigenvalue weighted by Crippen LogP contribution is 2.23. The van der Waals surface area contributed by atoms with Gasteiger partial charge in [-0.15, -0.1) is 0 Å². The lowest BCUT2D eigenvalue weighted by Crippen LogP contribution is -2.42. The first-order valence-electron chi connectivity index (χ1n) is 9.29. The van der Waals surface area contributed by atoms with E-state index in [-0.39, 0.29) is 0 Å². The summed E-state index contributed by atoms with van der Waals surface area (Å²) in [4.78, 5) is 7.27. The first-order chi connectivity index (χ1) is 11.6. The van der Waals surface area contributed by atoms with Crippen LogP contribution in [0.15, 0.2) is 9.52 Å². The van der Waals surface area contributed by atoms with Gasteiger partial charge in [-0.05, 0) is 46.7 Å². The Kier molecular flexibility index (Phi) is 7.56. The minimum absolute atomic E-state index is 0.300. The molecule has 6 nitrogen and oxygen atoms in total. The largest absolute Gasteiger partial charge is 0.361 e. The molecule has 24 heavy (non-hydrogen) atoms. The second-order valence-corrected chi connectivity index (χ2v) is 6.69. The standard InChI is InChI=1S/C18H33N5O/c1-5-19-18(20-9-12-23-10-7-6-8-11-23)21-13-14(2)17-15(3)22-24-16(17)4/h14H,5-13H2,1-4H3,(H2,19,20,21). The van der Waals surface area contributed by atoms with Crippen molar-refractivity contribution >= 4 is 5.96 Å². The van der Waals surface area contributed by atoms with E-state index in [1.807, 2.05) is 13.8 Å². The Morgan fingerprint density at radius 2 is 2.00 bits per heavy atom. The van der Waals surface area contributed by atoms with Crippen LogP contribution in [0.25, 0.3) is 0 Å². The van der Waals surface area contributed by atoms with Crippen molar-refractivity contribution in [3.8, 4) is 0 Å². The van der Waals surface area contributed by atoms with E-state index < -0.39 is 0 Å². The van der Waals surface area contributed by atoms with Crippen molar-refractivity contribution in [1.29, 1.82) is 0 Å². The van der Waals surface area contributed by atoms with E-state index in [0.717, 1.165) is 43.6 Å². The second-order valence-electron chi connectivity index (χ2n) is 6.69. The summed E-state index contributed by atoms with van der Waals surface area (Å²) in [6.07, 6.45) is 4.06. The summed E-state index contributed by atoms with van der Waals surface area (Å²) in [6.45, 7) is 14.3. The summed E-state index contributed by atoms with van der Waals surface area (Å²) in [7, 11) is 0. The van der Waals surface area contributed by atoms with E-state index in [9.17, 15) is 0 Å². The van der Waals surface area contributed by atoms with Crippen LogP contribution in [0, 0.1) is 13.8 Å². The summed E-state index contributed by atoms with van der Waals surface area (Å²) in [5, 5.41) is 10.8. The average Bonchev–Trinajstić information content (AvgIpc) is 2.92. The van der Waals surface area contributed by atoms with Crippen molar-refractivity contribution in [3.05, 3.63) is 17.0 Å². The molecule has 0 radical (unpaired) electrons. The van der Waals surface area contributed by atoms with Gasteiger partial charge in [-0.1, -0.05) is 18.5 Å². The number of guanidine groups is 1. The monoisotopic (exact) mass is 335 g/mol. The first-order valence-corrected chi connectivity index (χ1v) is 9.29. The molecule has 2 heterocycles. The number of rotatable bonds is 7. The van der Waals surface area contributed by atoms with Crippen LogP contribution in [0.5, 0.6) is 0 Å². The van der Waals surface area contributed by atoms with Crippen LogP contribution in [-0.2, 0) is 0 Å². The number of nitrogens with one attached hydrogen (secondary N) is 2. The van der Waals surface area contributed by atoms with E-state index in [1.54, 1.807) is 0 Å². The minimum Gasteiger partial charge on any atom is -0.361 e. The maximum absolute atomic E-state index is 5.27. The van der Waals surface area contributed by atoms with Gasteiger partial charge in [-0.3, -0.25) is 4.99 Å². The molecule has 0 amide bonds. The molecular weight excluding hydrogens is 302 g/mol. The molecule has 0 saturated carbocycles. The SMILES string of the molecule is CCNC(=NCC(C)c1c(C)noc1C)NCCN1CCCCC1. The highest BCUT2D eigenvalue weighted by molar-refractivity contribution is 5.79. The van der Waals surface area contributed by atoms with Crippen LogP contribution in [0.4, 0.5) is 0 Å². The summed E-state index contributed by atoms with van der Waals surface area (Å²) >= 11 is 0. The van der Waals surface area contributed by atoms with Crippen molar-refractivity contribution in [3.63, 3.8) is 0 Å². The van der Waals surface area contributed by atoms with Crippen LogP contribution in [0.3, 0.4) is 0 Å². The van der Waals surface area contributed by atoms with Crippen LogP contribution in [0.1, 0.15) is 56.0 Å². The third-order valence-corrected chi connectivity index (χ3v) is 4.62. The number of likely N-dealkylation sites (tertiary alicyclic amines) is 1. The van der Waals surface area contributed by atoms with Crippen molar-refractivity contribution < 1.29 is 4.52 Å². The number of aromatic nitrogens is 1. The molecule has 0 aliphatic carbocycles. The predicted octanol–water partition coefficient (Wildman–Crippen LogP) is 2.44. The third-order valence-electron chi connectivity index (χ3n) is 4.62. The molecule has 1 aromatic rings. The van der Waals surface area contributed by atoms with Crippen LogP contribution in [0.2, 0.25) is 0 Å². The molecule has 0 spiro atoms. The fourth-order valence-electron chi connectivity index (χ4n) is 3.37. The van der Waals surface area contributed by atoms with Gasteiger partial charge in [-0.25, -0.2) is 0 Å². The molecule has 0 bridgehead atoms. The molecule has 1 atom stereocenters. The Morgan fingerprint density at radius 3 is 2.62 bits per heavy atom. The second kappa shape index (κ2) is 9.67. The van der Waals surface area contributed by atoms with Crippen molar-refractivity contribution in [1.82, 2.24) is 20.7 Å². The number of nitrogens with zero attached hydrogens (tertiary/aromatic N) is 3. The van der Waals surface area contributed by atoms with Crippen LogP contribution < -0.4 is 10.6 Å². The van der Waals surface area contributed by atoms with Gasteiger partial charge in [0.05, 0.1) is 5.69 Å². The lowest BCUT2D eigenvalue weighted by Gasteiger charge is -2.26. The molecule has 6 heteroatoms. The van der Waals surface area contributed by atoms with E-state index in [1.165, 1.54) is 37.9 Å². The van der Waals surface area contributed by atoms with E-state index in [2.05, 4.69) is 34.5 Å². The highest BCUT2D eigenvalue weighted by Gasteiger charge is 2.16. The van der Waals surface area contributed by atoms with Crippen LogP contribution in [-0.4, -0.2) is 55.3 Å². The molecule has 0 aromatic carbocycles. The third kappa shape index (κ3) is 5.51. The Balaban J connectivity index is 1.83. The Bertz CT molecular complexity index is 500. The smallest absolute Gasteiger partial charge is 0.191 e. The molecular formula is C18H33N5O. The molecule has 136 valence electrons. The summed E-state index contributed by atoms with van der Waals surface area (Å²) < 4.78 is 5.27. The average molecular weight is 335 g/mol. The molecule has 1 saturated heterocycles. The molecule has 1 aliphatic heterocycles. The number of hydrogen-bond donors (Lipinski definition) is 2. The molecule has 1 fully saturated rings. The lowest BCUT2D eigenvalue weighted by molar-refractivity contribution is 0.232. The zero-order chi connectivity index (χ0) is 17.4. The maximum Gasteiger partial charge on any atom is 0.191 e. The topological polar surface area (TPSA) is 65.7 Å². The van der Waals surface area contributed by atoms with E-state index >= 15 is 0 Å². The quantitative estimate of drug-likeness (QED) is 0.592. The Hall–Kier alpha value is -1.56. The predicted molar refractivity (Wildman–Crippen MR) is 98.7 cm³/mol. The molecule has 2 N–H and O–H groups in total. The summed E-state index contributed by atoms with van der Waals surface area (Å²) in [6, 6.07) is 0. The van der Waals surface area contributed by atoms with Gasteiger partial charge in [0, 0.05) is 37.7 Å². The summed E-state index contributed by atoms with van der Waals surface area (Å²) in [5.41, 5.74) is 2.15. The van der Waals surface area contributed by atoms with Gasteiger partial charge in [0.15, 0.2) is 5.96 Å². The molecule has 1 aliphatic rings. The van der Waals surface area contributed by atoms with Crippen molar-refractivity contribution in [2.24, 2.45) is 4.99 Å². The number of aliphatic imine (C=N–C) groups is 1. The lowest BCUT2D eigenvalue weighted by atomic mass is 10.00. The zero-order valence-electron chi connectivity index (χ0n) is 15.7. The summed E-state index contributed by atoms with van der Waals surface area (Å²) in [5.74, 6) is 2.10. The van der Waals surface area contributed by atoms with Gasteiger partial charge in [0.2, 0.25) is 0 Å². The van der Waals surface area contributed by atoms with Gasteiger partial charge in [0.1, 0.15) is 5.76 Å². The van der Waals surface area contributed by atoms with Gasteiger partial charge in [0.25, 0.3) is 0 Å². The Morgan fingerprint density at radius 1 is 1.25 bits per heavy atom. The molecule has 1 aromatic heterocycles. The minimum atomic E-state index is 0.300. The zero-order valence-corrected chi connectivity index (χ0v) is 15.7. The van der Waals surface area contributed by atoms with E-state index in [0.29, 0.717) is 5.92 Å². The number of piperidine rings is 1. The highest BCUT2D eigenvalue weighted by atomic mass is 16.5. The first kappa shape index (κ1) is 18.8. The normalized spacial score (nSPS) is 17.8. The van der Waals surface area contributed by atoms with E-state index in [4.69, 9.17) is 9.52 Å². The van der Waals surface area contributed by atoms with Gasteiger partial charge < -0.3 is 20.1 Å². The molecule has 1 unspecified atom stereocenters. The number of aryl methyl sites for hydroxylation is 2. The van der Waals surface area contributed by atoms with Crippen LogP contribution >= 0.6 is 0 Å². The Labute approximate surface area is 146 Å². The maximum atomic E-state index is 5.27. The van der Waals surface area contributed by atoms with Gasteiger partial charge >= 0.3 is 0 Å².